The Bertz CT molecular complexity index is 3630. The summed E-state index contributed by atoms with van der Waals surface area (Å²) in [4.78, 5) is 20.3. The first kappa shape index (κ1) is 45.5. The van der Waals surface area contributed by atoms with Gasteiger partial charge in [-0.25, -0.2) is 4.79 Å². The van der Waals surface area contributed by atoms with E-state index < -0.39 is 5.97 Å². The Morgan fingerprint density at radius 2 is 1.07 bits per heavy atom. The molecule has 0 aliphatic heterocycles. The van der Waals surface area contributed by atoms with E-state index in [-0.39, 0.29) is 11.0 Å². The van der Waals surface area contributed by atoms with Gasteiger partial charge in [0.15, 0.2) is 0 Å². The number of hydrogen-bond donors (Lipinski definition) is 1. The molecule has 0 fully saturated rings. The van der Waals surface area contributed by atoms with E-state index >= 15 is 0 Å². The number of hydrogen-bond acceptors (Lipinski definition) is 6. The number of aryl methyl sites for hydroxylation is 1. The summed E-state index contributed by atoms with van der Waals surface area (Å²) in [6.45, 7) is 7.86. The summed E-state index contributed by atoms with van der Waals surface area (Å²) in [7, 11) is 0. The van der Waals surface area contributed by atoms with Gasteiger partial charge in [0, 0.05) is 81.9 Å². The number of anilines is 6. The van der Waals surface area contributed by atoms with Crippen LogP contribution in [0.4, 0.5) is 34.1 Å². The molecular formula is C63H52N4O2S2. The number of benzene rings is 7. The monoisotopic (exact) mass is 960 g/mol. The number of rotatable bonds is 15. The van der Waals surface area contributed by atoms with Crippen LogP contribution in [0.5, 0.6) is 0 Å². The number of aliphatic carboxylic acids is 1. The average Bonchev–Trinajstić information content (AvgIpc) is 4.22. The first-order valence-electron chi connectivity index (χ1n) is 24.5. The second-order valence-electron chi connectivity index (χ2n) is 18.2. The van der Waals surface area contributed by atoms with Crippen LogP contribution in [0.2, 0.25) is 0 Å². The summed E-state index contributed by atoms with van der Waals surface area (Å²) < 4.78 is 2.52. The first-order chi connectivity index (χ1) is 34.8. The van der Waals surface area contributed by atoms with Crippen LogP contribution < -0.4 is 9.80 Å². The third-order valence-electron chi connectivity index (χ3n) is 14.3. The molecule has 3 aromatic heterocycles. The van der Waals surface area contributed by atoms with E-state index in [1.165, 1.54) is 61.5 Å². The summed E-state index contributed by atoms with van der Waals surface area (Å²) in [5.41, 5.74) is 15.3. The molecule has 1 aliphatic rings. The van der Waals surface area contributed by atoms with E-state index in [0.717, 1.165) is 91.4 Å². The molecule has 7 aromatic carbocycles. The summed E-state index contributed by atoms with van der Waals surface area (Å²) in [6.07, 6.45) is 5.52. The molecule has 348 valence electrons. The first-order valence-corrected chi connectivity index (χ1v) is 26.1. The number of unbranched alkanes of at least 4 members (excludes halogenated alkanes) is 1. The van der Waals surface area contributed by atoms with E-state index in [2.05, 4.69) is 211 Å². The molecule has 0 saturated carbocycles. The summed E-state index contributed by atoms with van der Waals surface area (Å²) in [6, 6.07) is 70.3. The van der Waals surface area contributed by atoms with Gasteiger partial charge in [0.2, 0.25) is 0 Å². The van der Waals surface area contributed by atoms with Gasteiger partial charge in [-0.15, -0.1) is 22.7 Å². The minimum Gasteiger partial charge on any atom is -0.477 e. The van der Waals surface area contributed by atoms with Crippen LogP contribution in [0.25, 0.3) is 59.2 Å². The Morgan fingerprint density at radius 3 is 1.62 bits per heavy atom. The molecule has 0 unspecified atom stereocenters. The fourth-order valence-electron chi connectivity index (χ4n) is 10.8. The number of para-hydroxylation sites is 3. The lowest BCUT2D eigenvalue weighted by molar-refractivity contribution is -0.132. The number of thiophene rings is 2. The van der Waals surface area contributed by atoms with Gasteiger partial charge in [-0.2, -0.15) is 5.26 Å². The van der Waals surface area contributed by atoms with Crippen molar-refractivity contribution < 1.29 is 9.90 Å². The Kier molecular flexibility index (Phi) is 12.2. The van der Waals surface area contributed by atoms with E-state index in [1.54, 1.807) is 17.4 Å². The van der Waals surface area contributed by atoms with E-state index in [0.29, 0.717) is 0 Å². The standard InChI is InChI=1S/C63H52N4O2S2/c1-4-7-35-65-57-37-42(59-33-34-61(71-59)60-32-27-50(70-60)36-43(41-64)62(68)69)23-28-53(57)54-31-26-49(40-58(54)65)67(46-21-15-10-16-22-46)48-25-30-52-51-29-24-47(38-55(51)63(5-2,6-3)56(52)39-48)66(44-17-11-8-12-18-44)45-19-13-9-14-20-45/h8-34,36-40H,4-7,35H2,1-3H3,(H,68,69)/b43-36+. The fourth-order valence-corrected chi connectivity index (χ4v) is 12.8. The van der Waals surface area contributed by atoms with Crippen molar-refractivity contribution in [2.45, 2.75) is 58.4 Å². The molecule has 0 atom stereocenters. The second-order valence-corrected chi connectivity index (χ2v) is 20.4. The molecular weight excluding hydrogens is 909 g/mol. The van der Waals surface area contributed by atoms with Gasteiger partial charge in [0.25, 0.3) is 0 Å². The van der Waals surface area contributed by atoms with Crippen molar-refractivity contribution >= 4 is 90.6 Å². The molecule has 0 saturated heterocycles. The topological polar surface area (TPSA) is 72.5 Å². The molecule has 71 heavy (non-hydrogen) atoms. The third-order valence-corrected chi connectivity index (χ3v) is 16.7. The lowest BCUT2D eigenvalue weighted by Crippen LogP contribution is -2.24. The number of nitriles is 1. The van der Waals surface area contributed by atoms with Crippen LogP contribution in [0.3, 0.4) is 0 Å². The zero-order valence-corrected chi connectivity index (χ0v) is 41.6. The maximum absolute atomic E-state index is 11.5. The van der Waals surface area contributed by atoms with Gasteiger partial charge in [0.1, 0.15) is 11.6 Å². The number of aromatic nitrogens is 1. The van der Waals surface area contributed by atoms with Crippen LogP contribution >= 0.6 is 22.7 Å². The number of nitrogens with zero attached hydrogens (tertiary/aromatic N) is 4. The van der Waals surface area contributed by atoms with E-state index in [4.69, 9.17) is 0 Å². The van der Waals surface area contributed by atoms with Crippen LogP contribution in [-0.2, 0) is 16.8 Å². The highest BCUT2D eigenvalue weighted by atomic mass is 32.1. The molecule has 0 amide bonds. The highest BCUT2D eigenvalue weighted by Gasteiger charge is 2.41. The molecule has 3 heterocycles. The van der Waals surface area contributed by atoms with Crippen molar-refractivity contribution in [1.82, 2.24) is 4.57 Å². The lowest BCUT2D eigenvalue weighted by atomic mass is 9.73. The minimum atomic E-state index is -1.22. The average molecular weight is 961 g/mol. The maximum atomic E-state index is 11.5. The maximum Gasteiger partial charge on any atom is 0.346 e. The van der Waals surface area contributed by atoms with Crippen molar-refractivity contribution in [3.8, 4) is 37.4 Å². The predicted molar refractivity (Wildman–Crippen MR) is 298 cm³/mol. The lowest BCUT2D eigenvalue weighted by Gasteiger charge is -2.33. The predicted octanol–water partition coefficient (Wildman–Crippen LogP) is 18.1. The van der Waals surface area contributed by atoms with Crippen molar-refractivity contribution in [2.75, 3.05) is 9.80 Å². The quantitative estimate of drug-likeness (QED) is 0.0819. The minimum absolute atomic E-state index is 0.177. The highest BCUT2D eigenvalue weighted by molar-refractivity contribution is 7.24. The Labute approximate surface area is 423 Å². The third kappa shape index (κ3) is 8.11. The van der Waals surface area contributed by atoms with Gasteiger partial charge in [-0.3, -0.25) is 0 Å². The van der Waals surface area contributed by atoms with Crippen LogP contribution in [0.1, 0.15) is 62.5 Å². The van der Waals surface area contributed by atoms with E-state index in [9.17, 15) is 15.2 Å². The van der Waals surface area contributed by atoms with Gasteiger partial charge in [-0.05, 0) is 156 Å². The normalized spacial score (nSPS) is 12.7. The van der Waals surface area contributed by atoms with E-state index in [1.807, 2.05) is 12.1 Å². The number of carboxylic acid groups (broad SMARTS) is 1. The van der Waals surface area contributed by atoms with Gasteiger partial charge in [0.05, 0.1) is 5.52 Å². The zero-order valence-electron chi connectivity index (χ0n) is 40.0. The molecule has 1 aliphatic carbocycles. The summed E-state index contributed by atoms with van der Waals surface area (Å²) in [5.74, 6) is -1.22. The van der Waals surface area contributed by atoms with Crippen molar-refractivity contribution in [2.24, 2.45) is 0 Å². The largest absolute Gasteiger partial charge is 0.477 e. The molecule has 8 heteroatoms. The highest BCUT2D eigenvalue weighted by Crippen LogP contribution is 2.56. The second kappa shape index (κ2) is 19.1. The SMILES string of the molecule is CCCCn1c2cc(-c3ccc(-c4ccc(/C=C(\C#N)C(=O)O)s4)s3)ccc2c2ccc(N(c3ccccc3)c3ccc4c(c3)C(CC)(CC)c3cc(N(c5ccccc5)c5ccccc5)ccc3-4)cc21. The number of fused-ring (bicyclic) bond motifs is 6. The smallest absolute Gasteiger partial charge is 0.346 e. The van der Waals surface area contributed by atoms with Gasteiger partial charge >= 0.3 is 5.97 Å². The Balaban J connectivity index is 0.990. The molecule has 6 nitrogen and oxygen atoms in total. The van der Waals surface area contributed by atoms with Crippen molar-refractivity contribution in [3.63, 3.8) is 0 Å². The van der Waals surface area contributed by atoms with Gasteiger partial charge in [-0.1, -0.05) is 112 Å². The van der Waals surface area contributed by atoms with Crippen molar-refractivity contribution in [3.05, 3.63) is 210 Å². The van der Waals surface area contributed by atoms with Crippen molar-refractivity contribution in [1.29, 1.82) is 5.26 Å². The Morgan fingerprint density at radius 1 is 0.577 bits per heavy atom. The van der Waals surface area contributed by atoms with Gasteiger partial charge < -0.3 is 19.5 Å². The number of carboxylic acids is 1. The molecule has 0 bridgehead atoms. The van der Waals surface area contributed by atoms with Crippen LogP contribution in [0, 0.1) is 11.3 Å². The molecule has 1 N–H and O–H groups in total. The molecule has 10 aromatic rings. The fraction of sp³-hybridized carbons (Fsp3) is 0.143. The molecule has 0 spiro atoms. The van der Waals surface area contributed by atoms with Crippen LogP contribution in [-0.4, -0.2) is 15.6 Å². The summed E-state index contributed by atoms with van der Waals surface area (Å²) >= 11 is 3.21. The zero-order chi connectivity index (χ0) is 48.6. The summed E-state index contributed by atoms with van der Waals surface area (Å²) in [5, 5.41) is 21.1. The number of carbonyl (C=O) groups is 1. The molecule has 0 radical (unpaired) electrons. The molecule has 11 rings (SSSR count). The van der Waals surface area contributed by atoms with Crippen LogP contribution in [0.15, 0.2) is 194 Å². The Hall–Kier alpha value is -7.96.